The van der Waals surface area contributed by atoms with Gasteiger partial charge in [-0.2, -0.15) is 12.6 Å². The van der Waals surface area contributed by atoms with Crippen LogP contribution in [0.5, 0.6) is 0 Å². The van der Waals surface area contributed by atoms with Gasteiger partial charge in [-0.15, -0.1) is 0 Å². The molecule has 0 saturated heterocycles. The second-order valence-corrected chi connectivity index (χ2v) is 6.14. The molecule has 0 bridgehead atoms. The molecule has 104 valence electrons. The number of rotatable bonds is 13. The van der Waals surface area contributed by atoms with E-state index in [0.717, 1.165) is 0 Å². The molecule has 1 unspecified atom stereocenters. The molecule has 0 rings (SSSR count). The van der Waals surface area contributed by atoms with E-state index < -0.39 is 0 Å². The van der Waals surface area contributed by atoms with Crippen LogP contribution in [-0.2, 0) is 0 Å². The van der Waals surface area contributed by atoms with E-state index in [1.807, 2.05) is 0 Å². The Morgan fingerprint density at radius 3 is 1.53 bits per heavy atom. The van der Waals surface area contributed by atoms with Crippen molar-refractivity contribution in [2.75, 3.05) is 0 Å². The van der Waals surface area contributed by atoms with Crippen LogP contribution in [0.25, 0.3) is 0 Å². The summed E-state index contributed by atoms with van der Waals surface area (Å²) in [6.45, 7) is 4.54. The third kappa shape index (κ3) is 14.3. The van der Waals surface area contributed by atoms with Gasteiger partial charge in [0.05, 0.1) is 0 Å². The van der Waals surface area contributed by atoms with Crippen molar-refractivity contribution in [1.82, 2.24) is 0 Å². The molecule has 0 N–H and O–H groups in total. The Morgan fingerprint density at radius 1 is 0.588 bits per heavy atom. The summed E-state index contributed by atoms with van der Waals surface area (Å²) in [6, 6.07) is 0. The lowest BCUT2D eigenvalue weighted by atomic mass is 10.0. The topological polar surface area (TPSA) is 0 Å². The Bertz CT molecular complexity index is 133. The average molecular weight is 259 g/mol. The molecule has 0 aromatic carbocycles. The first kappa shape index (κ1) is 17.4. The van der Waals surface area contributed by atoms with E-state index in [0.29, 0.717) is 5.25 Å². The number of hydrogen-bond donors (Lipinski definition) is 1. The molecule has 1 heteroatoms. The van der Waals surface area contributed by atoms with Gasteiger partial charge in [-0.25, -0.2) is 0 Å². The van der Waals surface area contributed by atoms with Crippen LogP contribution in [0.3, 0.4) is 0 Å². The molecule has 1 atom stereocenters. The Morgan fingerprint density at radius 2 is 1.06 bits per heavy atom. The van der Waals surface area contributed by atoms with Gasteiger partial charge in [-0.05, 0) is 12.8 Å². The van der Waals surface area contributed by atoms with E-state index in [-0.39, 0.29) is 0 Å². The molecule has 0 aromatic rings. The zero-order chi connectivity index (χ0) is 12.8. The SMILES string of the molecule is CCCCCCCCCCCCC(S)CCC. The summed E-state index contributed by atoms with van der Waals surface area (Å²) in [6.07, 6.45) is 18.3. The van der Waals surface area contributed by atoms with Crippen molar-refractivity contribution in [2.45, 2.75) is 103 Å². The molecule has 0 fully saturated rings. The van der Waals surface area contributed by atoms with Gasteiger partial charge in [0.2, 0.25) is 0 Å². The standard InChI is InChI=1S/C16H34S/c1-3-5-6-7-8-9-10-11-12-13-15-16(17)14-4-2/h16-17H,3-15H2,1-2H3. The van der Waals surface area contributed by atoms with E-state index in [1.165, 1.54) is 83.5 Å². The molecule has 0 saturated carbocycles. The van der Waals surface area contributed by atoms with Crippen molar-refractivity contribution in [2.24, 2.45) is 0 Å². The van der Waals surface area contributed by atoms with Gasteiger partial charge in [0.1, 0.15) is 0 Å². The van der Waals surface area contributed by atoms with Crippen LogP contribution in [-0.4, -0.2) is 5.25 Å². The van der Waals surface area contributed by atoms with Crippen molar-refractivity contribution < 1.29 is 0 Å². The normalized spacial score (nSPS) is 12.9. The second-order valence-electron chi connectivity index (χ2n) is 5.41. The highest BCUT2D eigenvalue weighted by atomic mass is 32.1. The van der Waals surface area contributed by atoms with Crippen molar-refractivity contribution in [3.8, 4) is 0 Å². The van der Waals surface area contributed by atoms with Crippen LogP contribution in [0, 0.1) is 0 Å². The van der Waals surface area contributed by atoms with Crippen LogP contribution in [0.2, 0.25) is 0 Å². The summed E-state index contributed by atoms with van der Waals surface area (Å²) in [5.74, 6) is 0. The van der Waals surface area contributed by atoms with Crippen molar-refractivity contribution in [3.63, 3.8) is 0 Å². The molecule has 0 aliphatic rings. The van der Waals surface area contributed by atoms with Gasteiger partial charge < -0.3 is 0 Å². The Kier molecular flexibility index (Phi) is 14.7. The number of unbranched alkanes of at least 4 members (excludes halogenated alkanes) is 9. The third-order valence-electron chi connectivity index (χ3n) is 3.51. The summed E-state index contributed by atoms with van der Waals surface area (Å²) >= 11 is 4.60. The first-order valence-corrected chi connectivity index (χ1v) is 8.51. The minimum atomic E-state index is 0.661. The van der Waals surface area contributed by atoms with Gasteiger partial charge in [-0.1, -0.05) is 84.5 Å². The summed E-state index contributed by atoms with van der Waals surface area (Å²) < 4.78 is 0. The fourth-order valence-electron chi connectivity index (χ4n) is 2.34. The monoisotopic (exact) mass is 258 g/mol. The molecule has 0 aromatic heterocycles. The summed E-state index contributed by atoms with van der Waals surface area (Å²) in [7, 11) is 0. The van der Waals surface area contributed by atoms with Gasteiger partial charge in [-0.3, -0.25) is 0 Å². The minimum absolute atomic E-state index is 0.661. The Labute approximate surface area is 115 Å². The molecule has 0 heterocycles. The van der Waals surface area contributed by atoms with E-state index >= 15 is 0 Å². The third-order valence-corrected chi connectivity index (χ3v) is 4.03. The number of hydrogen-bond acceptors (Lipinski definition) is 1. The summed E-state index contributed by atoms with van der Waals surface area (Å²) in [4.78, 5) is 0. The largest absolute Gasteiger partial charge is 0.176 e. The smallest absolute Gasteiger partial charge is 0.00167 e. The number of thiol groups is 1. The lowest BCUT2D eigenvalue weighted by Gasteiger charge is -2.08. The predicted molar refractivity (Wildman–Crippen MR) is 84.1 cm³/mol. The van der Waals surface area contributed by atoms with Gasteiger partial charge in [0.25, 0.3) is 0 Å². The lowest BCUT2D eigenvalue weighted by Crippen LogP contribution is -1.97. The van der Waals surface area contributed by atoms with E-state index in [9.17, 15) is 0 Å². The fourth-order valence-corrected chi connectivity index (χ4v) is 2.79. The molecular formula is C16H34S. The lowest BCUT2D eigenvalue weighted by molar-refractivity contribution is 0.542. The fraction of sp³-hybridized carbons (Fsp3) is 1.00. The van der Waals surface area contributed by atoms with Crippen molar-refractivity contribution >= 4 is 12.6 Å². The van der Waals surface area contributed by atoms with Crippen LogP contribution in [0.1, 0.15) is 97.3 Å². The van der Waals surface area contributed by atoms with E-state index in [2.05, 4.69) is 26.5 Å². The quantitative estimate of drug-likeness (QED) is 0.287. The average Bonchev–Trinajstić information content (AvgIpc) is 2.32. The molecule has 0 amide bonds. The van der Waals surface area contributed by atoms with Crippen molar-refractivity contribution in [3.05, 3.63) is 0 Å². The van der Waals surface area contributed by atoms with Crippen LogP contribution < -0.4 is 0 Å². The zero-order valence-electron chi connectivity index (χ0n) is 12.2. The maximum absolute atomic E-state index is 4.60. The van der Waals surface area contributed by atoms with Gasteiger partial charge in [0, 0.05) is 5.25 Å². The first-order chi connectivity index (χ1) is 8.31. The zero-order valence-corrected chi connectivity index (χ0v) is 13.1. The first-order valence-electron chi connectivity index (χ1n) is 7.99. The molecule has 0 radical (unpaired) electrons. The van der Waals surface area contributed by atoms with Crippen molar-refractivity contribution in [1.29, 1.82) is 0 Å². The Balaban J connectivity index is 2.98. The summed E-state index contributed by atoms with van der Waals surface area (Å²) in [5.41, 5.74) is 0. The molecular weight excluding hydrogens is 224 g/mol. The predicted octanol–water partition coefficient (Wildman–Crippen LogP) is 6.40. The van der Waals surface area contributed by atoms with Crippen LogP contribution in [0.4, 0.5) is 0 Å². The van der Waals surface area contributed by atoms with Crippen LogP contribution in [0.15, 0.2) is 0 Å². The van der Waals surface area contributed by atoms with E-state index in [1.54, 1.807) is 0 Å². The highest BCUT2D eigenvalue weighted by Gasteiger charge is 2.00. The second kappa shape index (κ2) is 14.4. The van der Waals surface area contributed by atoms with Gasteiger partial charge in [0.15, 0.2) is 0 Å². The molecule has 17 heavy (non-hydrogen) atoms. The maximum Gasteiger partial charge on any atom is 0.00167 e. The summed E-state index contributed by atoms with van der Waals surface area (Å²) in [5, 5.41) is 0.661. The minimum Gasteiger partial charge on any atom is -0.176 e. The highest BCUT2D eigenvalue weighted by molar-refractivity contribution is 7.80. The molecule has 0 aliphatic carbocycles. The van der Waals surface area contributed by atoms with Crippen LogP contribution >= 0.6 is 12.6 Å². The molecule has 0 aliphatic heterocycles. The van der Waals surface area contributed by atoms with E-state index in [4.69, 9.17) is 0 Å². The van der Waals surface area contributed by atoms with Gasteiger partial charge >= 0.3 is 0 Å². The molecule has 0 spiro atoms. The Hall–Kier alpha value is 0.350. The maximum atomic E-state index is 4.60. The highest BCUT2D eigenvalue weighted by Crippen LogP contribution is 2.15. The molecule has 0 nitrogen and oxygen atoms in total.